The molecule has 0 radical (unpaired) electrons. The Morgan fingerprint density at radius 3 is 2.90 bits per heavy atom. The predicted molar refractivity (Wildman–Crippen MR) is 90.3 cm³/mol. The molecule has 1 saturated carbocycles. The third kappa shape index (κ3) is 2.72. The van der Waals surface area contributed by atoms with Crippen LogP contribution in [0.4, 0.5) is 11.8 Å². The quantitative estimate of drug-likeness (QED) is 0.901. The number of nitrogens with zero attached hydrogens (tertiary/aromatic N) is 2. The molecule has 0 saturated heterocycles. The van der Waals surface area contributed by atoms with Crippen molar-refractivity contribution in [3.8, 4) is 0 Å². The number of anilines is 2. The van der Waals surface area contributed by atoms with Gasteiger partial charge in [0.05, 0.1) is 5.39 Å². The van der Waals surface area contributed by atoms with Crippen molar-refractivity contribution in [2.75, 3.05) is 23.9 Å². The number of aromatic nitrogens is 2. The summed E-state index contributed by atoms with van der Waals surface area (Å²) in [5.41, 5.74) is 0. The van der Waals surface area contributed by atoms with Crippen LogP contribution in [-0.2, 0) is 0 Å². The molecule has 4 nitrogen and oxygen atoms in total. The Morgan fingerprint density at radius 1 is 1.35 bits per heavy atom. The number of hydrogen-bond acceptors (Lipinski definition) is 6. The summed E-state index contributed by atoms with van der Waals surface area (Å²) in [5, 5.41) is 8.63. The second-order valence-corrected chi connectivity index (χ2v) is 7.61. The van der Waals surface area contributed by atoms with Crippen molar-refractivity contribution in [3.63, 3.8) is 0 Å². The molecule has 0 spiro atoms. The molecule has 2 heterocycles. The first-order valence-electron chi connectivity index (χ1n) is 6.95. The largest absolute Gasteiger partial charge is 0.367 e. The highest BCUT2D eigenvalue weighted by Gasteiger charge is 2.25. The number of hydrogen-bond donors (Lipinski definition) is 2. The number of fused-ring (bicyclic) bond motifs is 1. The molecule has 3 rings (SSSR count). The molecule has 0 bridgehead atoms. The van der Waals surface area contributed by atoms with Crippen LogP contribution in [0.25, 0.3) is 10.2 Å². The second-order valence-electron chi connectivity index (χ2n) is 5.23. The zero-order chi connectivity index (χ0) is 14.1. The highest BCUT2D eigenvalue weighted by Crippen LogP contribution is 2.34. The first-order chi connectivity index (χ1) is 9.69. The molecule has 2 N–H and O–H groups in total. The standard InChI is InChI=1S/C14H20N4S2/c1-8-6-11-12(16-9-4-5-10(7-9)19-3)17-14(15-2)18-13(11)20-8/h6,9-10H,4-5,7H2,1-3H3,(H2,15,16,17,18). The Labute approximate surface area is 127 Å². The van der Waals surface area contributed by atoms with Gasteiger partial charge in [-0.15, -0.1) is 11.3 Å². The molecule has 20 heavy (non-hydrogen) atoms. The molecule has 2 aromatic rings. The van der Waals surface area contributed by atoms with Crippen molar-refractivity contribution >= 4 is 45.1 Å². The minimum atomic E-state index is 0.537. The van der Waals surface area contributed by atoms with Gasteiger partial charge in [0.15, 0.2) is 0 Å². The Kier molecular flexibility index (Phi) is 4.03. The van der Waals surface area contributed by atoms with Crippen molar-refractivity contribution in [3.05, 3.63) is 10.9 Å². The van der Waals surface area contributed by atoms with Crippen molar-refractivity contribution < 1.29 is 0 Å². The van der Waals surface area contributed by atoms with Crippen LogP contribution in [0.3, 0.4) is 0 Å². The number of thiophene rings is 1. The average Bonchev–Trinajstić information content (AvgIpc) is 3.04. The van der Waals surface area contributed by atoms with E-state index in [2.05, 4.69) is 39.8 Å². The van der Waals surface area contributed by atoms with Gasteiger partial charge in [-0.25, -0.2) is 4.98 Å². The molecule has 1 aliphatic carbocycles. The van der Waals surface area contributed by atoms with E-state index in [1.807, 2.05) is 18.8 Å². The summed E-state index contributed by atoms with van der Waals surface area (Å²) in [6.07, 6.45) is 5.96. The number of nitrogens with one attached hydrogen (secondary N) is 2. The maximum atomic E-state index is 4.61. The van der Waals surface area contributed by atoms with Crippen LogP contribution in [0.15, 0.2) is 6.07 Å². The number of rotatable bonds is 4. The lowest BCUT2D eigenvalue weighted by Gasteiger charge is -2.15. The lowest BCUT2D eigenvalue weighted by molar-refractivity contribution is 0.753. The predicted octanol–water partition coefficient (Wildman–Crippen LogP) is 3.74. The van der Waals surface area contributed by atoms with Gasteiger partial charge in [-0.2, -0.15) is 16.7 Å². The van der Waals surface area contributed by atoms with Crippen molar-refractivity contribution in [1.29, 1.82) is 0 Å². The molecule has 6 heteroatoms. The highest BCUT2D eigenvalue weighted by molar-refractivity contribution is 7.99. The van der Waals surface area contributed by atoms with Crippen LogP contribution in [0.1, 0.15) is 24.1 Å². The van der Waals surface area contributed by atoms with Gasteiger partial charge in [0.1, 0.15) is 10.6 Å². The topological polar surface area (TPSA) is 49.8 Å². The zero-order valence-corrected chi connectivity index (χ0v) is 13.7. The summed E-state index contributed by atoms with van der Waals surface area (Å²) in [4.78, 5) is 11.5. The molecule has 0 aromatic carbocycles. The fourth-order valence-corrected chi connectivity index (χ4v) is 4.42. The van der Waals surface area contributed by atoms with Crippen molar-refractivity contribution in [2.24, 2.45) is 0 Å². The third-order valence-corrected chi connectivity index (χ3v) is 5.84. The van der Waals surface area contributed by atoms with Crippen LogP contribution >= 0.6 is 23.1 Å². The van der Waals surface area contributed by atoms with E-state index in [1.165, 1.54) is 24.1 Å². The Hall–Kier alpha value is -1.01. The second kappa shape index (κ2) is 5.77. The number of thioether (sulfide) groups is 1. The van der Waals surface area contributed by atoms with Gasteiger partial charge in [-0.05, 0) is 38.5 Å². The SMILES string of the molecule is CNc1nc(NC2CCC(SC)C2)c2cc(C)sc2n1. The monoisotopic (exact) mass is 308 g/mol. The van der Waals surface area contributed by atoms with E-state index in [1.54, 1.807) is 11.3 Å². The third-order valence-electron chi connectivity index (χ3n) is 3.80. The Morgan fingerprint density at radius 2 is 2.20 bits per heavy atom. The summed E-state index contributed by atoms with van der Waals surface area (Å²) < 4.78 is 0. The zero-order valence-electron chi connectivity index (χ0n) is 12.1. The van der Waals surface area contributed by atoms with E-state index >= 15 is 0 Å². The summed E-state index contributed by atoms with van der Waals surface area (Å²) in [7, 11) is 1.87. The molecule has 108 valence electrons. The number of aryl methyl sites for hydroxylation is 1. The summed E-state index contributed by atoms with van der Waals surface area (Å²) >= 11 is 3.70. The summed E-state index contributed by atoms with van der Waals surface area (Å²) in [6, 6.07) is 2.72. The summed E-state index contributed by atoms with van der Waals surface area (Å²) in [5.74, 6) is 1.68. The van der Waals surface area contributed by atoms with E-state index in [0.29, 0.717) is 12.0 Å². The van der Waals surface area contributed by atoms with E-state index in [9.17, 15) is 0 Å². The molecular weight excluding hydrogens is 288 g/mol. The molecule has 0 amide bonds. The fraction of sp³-hybridized carbons (Fsp3) is 0.571. The van der Waals surface area contributed by atoms with Gasteiger partial charge in [0.25, 0.3) is 0 Å². The minimum absolute atomic E-state index is 0.537. The molecular formula is C14H20N4S2. The van der Waals surface area contributed by atoms with Gasteiger partial charge >= 0.3 is 0 Å². The molecule has 2 aromatic heterocycles. The molecule has 2 atom stereocenters. The van der Waals surface area contributed by atoms with Gasteiger partial charge < -0.3 is 10.6 Å². The molecule has 1 fully saturated rings. The smallest absolute Gasteiger partial charge is 0.225 e. The van der Waals surface area contributed by atoms with Crippen LogP contribution < -0.4 is 10.6 Å². The normalized spacial score (nSPS) is 22.4. The molecule has 2 unspecified atom stereocenters. The van der Waals surface area contributed by atoms with Gasteiger partial charge in [-0.1, -0.05) is 0 Å². The van der Waals surface area contributed by atoms with Gasteiger partial charge in [0.2, 0.25) is 5.95 Å². The van der Waals surface area contributed by atoms with Crippen molar-refractivity contribution in [1.82, 2.24) is 9.97 Å². The van der Waals surface area contributed by atoms with E-state index < -0.39 is 0 Å². The highest BCUT2D eigenvalue weighted by atomic mass is 32.2. The van der Waals surface area contributed by atoms with Crippen LogP contribution in [0, 0.1) is 6.92 Å². The van der Waals surface area contributed by atoms with Gasteiger partial charge in [-0.3, -0.25) is 0 Å². The van der Waals surface area contributed by atoms with Gasteiger partial charge in [0, 0.05) is 23.2 Å². The molecule has 0 aliphatic heterocycles. The van der Waals surface area contributed by atoms with E-state index in [-0.39, 0.29) is 0 Å². The fourth-order valence-electron chi connectivity index (χ4n) is 2.74. The first-order valence-corrected chi connectivity index (χ1v) is 9.05. The Bertz CT molecular complexity index is 610. The van der Waals surface area contributed by atoms with Crippen molar-refractivity contribution in [2.45, 2.75) is 37.5 Å². The first kappa shape index (κ1) is 13.9. The molecule has 1 aliphatic rings. The average molecular weight is 308 g/mol. The van der Waals surface area contributed by atoms with E-state index in [0.717, 1.165) is 21.3 Å². The lowest BCUT2D eigenvalue weighted by Crippen LogP contribution is -2.17. The maximum absolute atomic E-state index is 4.61. The Balaban J connectivity index is 1.89. The maximum Gasteiger partial charge on any atom is 0.225 e. The van der Waals surface area contributed by atoms with Crippen LogP contribution in [0.2, 0.25) is 0 Å². The summed E-state index contributed by atoms with van der Waals surface area (Å²) in [6.45, 7) is 2.12. The van der Waals surface area contributed by atoms with E-state index in [4.69, 9.17) is 0 Å². The lowest BCUT2D eigenvalue weighted by atomic mass is 10.2. The minimum Gasteiger partial charge on any atom is -0.367 e. The van der Waals surface area contributed by atoms with Crippen LogP contribution in [0.5, 0.6) is 0 Å². The van der Waals surface area contributed by atoms with Crippen LogP contribution in [-0.4, -0.2) is 34.6 Å².